The Morgan fingerprint density at radius 3 is 2.06 bits per heavy atom. The van der Waals surface area contributed by atoms with Gasteiger partial charge < -0.3 is 10.5 Å². The van der Waals surface area contributed by atoms with Crippen LogP contribution < -0.4 is 5.73 Å². The van der Waals surface area contributed by atoms with Gasteiger partial charge in [0.25, 0.3) is 0 Å². The quantitative estimate of drug-likeness (QED) is 0.779. The first-order valence-corrected chi connectivity index (χ1v) is 6.35. The average Bonchev–Trinajstić information content (AvgIpc) is 2.18. The van der Waals surface area contributed by atoms with Crippen LogP contribution in [0.25, 0.3) is 0 Å². The molecule has 0 bridgehead atoms. The van der Waals surface area contributed by atoms with E-state index in [0.29, 0.717) is 6.42 Å². The summed E-state index contributed by atoms with van der Waals surface area (Å²) in [4.78, 5) is 0. The lowest BCUT2D eigenvalue weighted by molar-refractivity contribution is -0.174. The van der Waals surface area contributed by atoms with Crippen LogP contribution in [-0.2, 0) is 4.74 Å². The summed E-state index contributed by atoms with van der Waals surface area (Å²) in [5.74, 6) is 0. The van der Waals surface area contributed by atoms with Crippen molar-refractivity contribution in [2.75, 3.05) is 13.2 Å². The van der Waals surface area contributed by atoms with E-state index >= 15 is 0 Å². The Bertz CT molecular complexity index is 210. The maximum atomic E-state index is 11.9. The minimum Gasteiger partial charge on any atom is -0.372 e. The summed E-state index contributed by atoms with van der Waals surface area (Å²) in [5, 5.41) is 0. The fraction of sp³-hybridized carbons (Fsp3) is 1.00. The maximum absolute atomic E-state index is 11.9. The molecule has 0 amide bonds. The van der Waals surface area contributed by atoms with E-state index in [0.717, 1.165) is 25.7 Å². The van der Waals surface area contributed by atoms with E-state index in [-0.39, 0.29) is 12.1 Å². The van der Waals surface area contributed by atoms with E-state index in [4.69, 9.17) is 5.73 Å². The molecule has 0 heterocycles. The van der Waals surface area contributed by atoms with Crippen LogP contribution in [0.3, 0.4) is 0 Å². The predicted molar refractivity (Wildman–Crippen MR) is 60.7 cm³/mol. The highest BCUT2D eigenvalue weighted by Crippen LogP contribution is 2.27. The third-order valence-electron chi connectivity index (χ3n) is 3.36. The Balaban J connectivity index is 2.22. The number of alkyl halides is 3. The molecule has 0 aromatic rings. The summed E-state index contributed by atoms with van der Waals surface area (Å²) < 4.78 is 40.3. The van der Waals surface area contributed by atoms with Crippen molar-refractivity contribution < 1.29 is 17.9 Å². The molecule has 2 nitrogen and oxygen atoms in total. The molecule has 0 saturated heterocycles. The van der Waals surface area contributed by atoms with Crippen molar-refractivity contribution in [2.45, 2.75) is 63.1 Å². The van der Waals surface area contributed by atoms with Crippen molar-refractivity contribution in [2.24, 2.45) is 5.73 Å². The van der Waals surface area contributed by atoms with Gasteiger partial charge in [0.15, 0.2) is 0 Å². The summed E-state index contributed by atoms with van der Waals surface area (Å²) in [6.45, 7) is -1.06. The summed E-state index contributed by atoms with van der Waals surface area (Å²) in [5.41, 5.74) is 5.90. The van der Waals surface area contributed by atoms with Gasteiger partial charge in [0.2, 0.25) is 0 Å². The monoisotopic (exact) mass is 253 g/mol. The zero-order valence-electron chi connectivity index (χ0n) is 10.2. The molecular formula is C12H22F3NO. The number of hydrogen-bond acceptors (Lipinski definition) is 2. The second-order valence-electron chi connectivity index (χ2n) is 5.05. The lowest BCUT2D eigenvalue weighted by Crippen LogP contribution is -2.41. The van der Waals surface area contributed by atoms with Crippen LogP contribution in [-0.4, -0.2) is 24.9 Å². The normalized spacial score (nSPS) is 21.9. The van der Waals surface area contributed by atoms with Crippen molar-refractivity contribution in [3.05, 3.63) is 0 Å². The number of halogens is 3. The van der Waals surface area contributed by atoms with E-state index < -0.39 is 12.8 Å². The number of nitrogens with two attached hydrogens (primary N) is 1. The topological polar surface area (TPSA) is 35.2 Å². The summed E-state index contributed by atoms with van der Waals surface area (Å²) >= 11 is 0. The zero-order valence-corrected chi connectivity index (χ0v) is 10.2. The number of rotatable bonds is 4. The Hall–Kier alpha value is -0.290. The molecule has 1 rings (SSSR count). The minimum absolute atomic E-state index is 0.107. The highest BCUT2D eigenvalue weighted by Gasteiger charge is 2.29. The van der Waals surface area contributed by atoms with E-state index in [2.05, 4.69) is 4.74 Å². The first-order valence-electron chi connectivity index (χ1n) is 6.35. The fourth-order valence-electron chi connectivity index (χ4n) is 2.32. The van der Waals surface area contributed by atoms with Crippen molar-refractivity contribution in [1.82, 2.24) is 0 Å². The van der Waals surface area contributed by atoms with Crippen molar-refractivity contribution in [3.8, 4) is 0 Å². The molecule has 0 unspecified atom stereocenters. The second-order valence-corrected chi connectivity index (χ2v) is 5.05. The molecule has 0 spiro atoms. The average molecular weight is 253 g/mol. The molecule has 17 heavy (non-hydrogen) atoms. The Morgan fingerprint density at radius 1 is 1.00 bits per heavy atom. The Morgan fingerprint density at radius 2 is 1.53 bits per heavy atom. The molecule has 5 heteroatoms. The van der Waals surface area contributed by atoms with Crippen LogP contribution in [0.15, 0.2) is 0 Å². The van der Waals surface area contributed by atoms with E-state index in [1.54, 1.807) is 0 Å². The minimum atomic E-state index is -4.23. The molecule has 0 aromatic heterocycles. The molecular weight excluding hydrogens is 231 g/mol. The van der Waals surface area contributed by atoms with Gasteiger partial charge >= 0.3 is 6.18 Å². The Labute approximate surface area is 101 Å². The molecule has 0 aliphatic heterocycles. The third-order valence-corrected chi connectivity index (χ3v) is 3.36. The summed E-state index contributed by atoms with van der Waals surface area (Å²) in [7, 11) is 0. The van der Waals surface area contributed by atoms with E-state index in [1.165, 1.54) is 19.3 Å². The lowest BCUT2D eigenvalue weighted by Gasteiger charge is -2.31. The van der Waals surface area contributed by atoms with Gasteiger partial charge in [-0.25, -0.2) is 0 Å². The molecule has 2 N–H and O–H groups in total. The second kappa shape index (κ2) is 6.59. The molecule has 1 fully saturated rings. The van der Waals surface area contributed by atoms with Crippen LogP contribution in [0.4, 0.5) is 13.2 Å². The van der Waals surface area contributed by atoms with E-state index in [1.807, 2.05) is 0 Å². The zero-order chi connectivity index (χ0) is 12.8. The van der Waals surface area contributed by atoms with Crippen LogP contribution in [0.2, 0.25) is 0 Å². The van der Waals surface area contributed by atoms with Crippen LogP contribution in [0, 0.1) is 0 Å². The van der Waals surface area contributed by atoms with Gasteiger partial charge in [-0.15, -0.1) is 0 Å². The van der Waals surface area contributed by atoms with Crippen molar-refractivity contribution in [1.29, 1.82) is 0 Å². The molecule has 1 aliphatic rings. The van der Waals surface area contributed by atoms with Crippen LogP contribution >= 0.6 is 0 Å². The number of ether oxygens (including phenoxy) is 1. The SMILES string of the molecule is NC1(CCOCC(F)(F)F)CCCCCCC1. The predicted octanol–water partition coefficient (Wildman–Crippen LogP) is 3.40. The molecule has 102 valence electrons. The molecule has 0 atom stereocenters. The lowest BCUT2D eigenvalue weighted by atomic mass is 9.82. The number of hydrogen-bond donors (Lipinski definition) is 1. The van der Waals surface area contributed by atoms with Gasteiger partial charge in [-0.05, 0) is 19.3 Å². The van der Waals surface area contributed by atoms with Gasteiger partial charge in [-0.3, -0.25) is 0 Å². The molecule has 0 aromatic carbocycles. The highest BCUT2D eigenvalue weighted by molar-refractivity contribution is 4.85. The van der Waals surface area contributed by atoms with Gasteiger partial charge in [-0.1, -0.05) is 32.1 Å². The van der Waals surface area contributed by atoms with Crippen molar-refractivity contribution in [3.63, 3.8) is 0 Å². The van der Waals surface area contributed by atoms with E-state index in [9.17, 15) is 13.2 Å². The third kappa shape index (κ3) is 6.88. The van der Waals surface area contributed by atoms with Gasteiger partial charge in [0, 0.05) is 12.1 Å². The van der Waals surface area contributed by atoms with Gasteiger partial charge in [-0.2, -0.15) is 13.2 Å². The fourth-order valence-corrected chi connectivity index (χ4v) is 2.32. The summed E-state index contributed by atoms with van der Waals surface area (Å²) in [6, 6.07) is 0. The van der Waals surface area contributed by atoms with Gasteiger partial charge in [0.05, 0.1) is 0 Å². The standard InChI is InChI=1S/C12H22F3NO/c13-12(14,15)10-17-9-8-11(16)6-4-2-1-3-5-7-11/h1-10,16H2. The summed E-state index contributed by atoms with van der Waals surface area (Å²) in [6.07, 6.45) is 3.88. The first-order chi connectivity index (χ1) is 7.91. The molecule has 0 radical (unpaired) electrons. The largest absolute Gasteiger partial charge is 0.411 e. The molecule has 1 aliphatic carbocycles. The van der Waals surface area contributed by atoms with Crippen LogP contribution in [0.5, 0.6) is 0 Å². The highest BCUT2D eigenvalue weighted by atomic mass is 19.4. The smallest absolute Gasteiger partial charge is 0.372 e. The first kappa shape index (κ1) is 14.8. The van der Waals surface area contributed by atoms with Gasteiger partial charge in [0.1, 0.15) is 6.61 Å². The van der Waals surface area contributed by atoms with Crippen molar-refractivity contribution >= 4 is 0 Å². The maximum Gasteiger partial charge on any atom is 0.411 e. The van der Waals surface area contributed by atoms with Crippen LogP contribution in [0.1, 0.15) is 51.4 Å². The Kier molecular flexibility index (Phi) is 5.73. The molecule has 1 saturated carbocycles.